The highest BCUT2D eigenvalue weighted by atomic mass is 79.9. The summed E-state index contributed by atoms with van der Waals surface area (Å²) in [7, 11) is 0. The monoisotopic (exact) mass is 331 g/mol. The summed E-state index contributed by atoms with van der Waals surface area (Å²) < 4.78 is 13.9. The summed E-state index contributed by atoms with van der Waals surface area (Å²) >= 11 is 3.11. The van der Waals surface area contributed by atoms with Gasteiger partial charge in [0.1, 0.15) is 5.82 Å². The van der Waals surface area contributed by atoms with E-state index < -0.39 is 23.7 Å². The first-order valence-electron chi connectivity index (χ1n) is 5.79. The standard InChI is InChI=1S/C13H15BrFNO3/c1-7(2)10(6-11(17)18)16-13(19)12-8(14)4-3-5-9(12)15/h3-5,7,10H,6H2,1-2H3,(H,16,19)(H,17,18). The molecule has 0 bridgehead atoms. The second-order valence-electron chi connectivity index (χ2n) is 4.52. The Morgan fingerprint density at radius 1 is 1.42 bits per heavy atom. The van der Waals surface area contributed by atoms with Gasteiger partial charge in [0.05, 0.1) is 12.0 Å². The number of benzene rings is 1. The zero-order chi connectivity index (χ0) is 14.6. The van der Waals surface area contributed by atoms with Crippen molar-refractivity contribution >= 4 is 27.8 Å². The van der Waals surface area contributed by atoms with Crippen LogP contribution in [0.2, 0.25) is 0 Å². The number of carboxylic acids is 1. The predicted molar refractivity (Wildman–Crippen MR) is 72.4 cm³/mol. The Bertz CT molecular complexity index is 471. The molecule has 0 heterocycles. The molecule has 0 radical (unpaired) electrons. The Morgan fingerprint density at radius 3 is 2.53 bits per heavy atom. The summed E-state index contributed by atoms with van der Waals surface area (Å²) in [5.74, 6) is -2.34. The summed E-state index contributed by atoms with van der Waals surface area (Å²) in [5.41, 5.74) is -0.112. The van der Waals surface area contributed by atoms with Crippen molar-refractivity contribution in [2.75, 3.05) is 0 Å². The van der Waals surface area contributed by atoms with Crippen LogP contribution in [0.5, 0.6) is 0 Å². The van der Waals surface area contributed by atoms with Crippen LogP contribution in [0.15, 0.2) is 22.7 Å². The average Bonchev–Trinajstić information content (AvgIpc) is 2.27. The van der Waals surface area contributed by atoms with E-state index in [1.54, 1.807) is 19.9 Å². The van der Waals surface area contributed by atoms with Crippen LogP contribution in [0, 0.1) is 11.7 Å². The predicted octanol–water partition coefficient (Wildman–Crippen LogP) is 2.82. The van der Waals surface area contributed by atoms with Gasteiger partial charge in [0.15, 0.2) is 0 Å². The number of carbonyl (C=O) groups excluding carboxylic acids is 1. The molecule has 0 spiro atoms. The summed E-state index contributed by atoms with van der Waals surface area (Å²) in [4.78, 5) is 22.7. The first-order chi connectivity index (χ1) is 8.82. The molecule has 19 heavy (non-hydrogen) atoms. The molecule has 0 aromatic heterocycles. The minimum Gasteiger partial charge on any atom is -0.481 e. The lowest BCUT2D eigenvalue weighted by Gasteiger charge is -2.21. The van der Waals surface area contributed by atoms with Crippen LogP contribution in [0.3, 0.4) is 0 Å². The van der Waals surface area contributed by atoms with E-state index in [9.17, 15) is 14.0 Å². The number of carboxylic acid groups (broad SMARTS) is 1. The van der Waals surface area contributed by atoms with Crippen molar-refractivity contribution in [3.8, 4) is 0 Å². The van der Waals surface area contributed by atoms with Gasteiger partial charge in [-0.25, -0.2) is 4.39 Å². The van der Waals surface area contributed by atoms with E-state index >= 15 is 0 Å². The SMILES string of the molecule is CC(C)C(CC(=O)O)NC(=O)c1c(F)cccc1Br. The molecule has 1 aromatic carbocycles. The van der Waals surface area contributed by atoms with Gasteiger partial charge >= 0.3 is 5.97 Å². The van der Waals surface area contributed by atoms with Gasteiger partial charge in [0, 0.05) is 10.5 Å². The molecule has 1 rings (SSSR count). The van der Waals surface area contributed by atoms with Gasteiger partial charge in [0.2, 0.25) is 0 Å². The molecule has 0 saturated carbocycles. The molecule has 104 valence electrons. The number of aliphatic carboxylic acids is 1. The molecule has 0 fully saturated rings. The highest BCUT2D eigenvalue weighted by Crippen LogP contribution is 2.20. The van der Waals surface area contributed by atoms with Crippen molar-refractivity contribution < 1.29 is 19.1 Å². The van der Waals surface area contributed by atoms with Crippen LogP contribution in [0.25, 0.3) is 0 Å². The molecule has 4 nitrogen and oxygen atoms in total. The third kappa shape index (κ3) is 4.31. The van der Waals surface area contributed by atoms with Crippen LogP contribution in [0.4, 0.5) is 4.39 Å². The fourth-order valence-corrected chi connectivity index (χ4v) is 2.12. The molecule has 1 aromatic rings. The summed E-state index contributed by atoms with van der Waals surface area (Å²) in [5, 5.41) is 11.3. The van der Waals surface area contributed by atoms with Gasteiger partial charge in [-0.3, -0.25) is 9.59 Å². The number of amides is 1. The van der Waals surface area contributed by atoms with Gasteiger partial charge < -0.3 is 10.4 Å². The lowest BCUT2D eigenvalue weighted by atomic mass is 10.0. The molecule has 0 aliphatic rings. The van der Waals surface area contributed by atoms with Crippen molar-refractivity contribution in [3.05, 3.63) is 34.1 Å². The van der Waals surface area contributed by atoms with Crippen molar-refractivity contribution in [1.82, 2.24) is 5.32 Å². The van der Waals surface area contributed by atoms with Crippen molar-refractivity contribution in [2.24, 2.45) is 5.92 Å². The van der Waals surface area contributed by atoms with Crippen LogP contribution in [0.1, 0.15) is 30.6 Å². The number of hydrogen-bond acceptors (Lipinski definition) is 2. The summed E-state index contributed by atoms with van der Waals surface area (Å²) in [6.45, 7) is 3.59. The van der Waals surface area contributed by atoms with E-state index in [0.29, 0.717) is 4.47 Å². The lowest BCUT2D eigenvalue weighted by molar-refractivity contribution is -0.137. The highest BCUT2D eigenvalue weighted by molar-refractivity contribution is 9.10. The maximum atomic E-state index is 13.6. The second kappa shape index (κ2) is 6.65. The Labute approximate surface area is 119 Å². The van der Waals surface area contributed by atoms with E-state index in [-0.39, 0.29) is 17.9 Å². The number of carbonyl (C=O) groups is 2. The molecule has 1 amide bonds. The number of nitrogens with one attached hydrogen (secondary N) is 1. The van der Waals surface area contributed by atoms with Crippen LogP contribution in [-0.4, -0.2) is 23.0 Å². The van der Waals surface area contributed by atoms with Crippen LogP contribution in [-0.2, 0) is 4.79 Å². The van der Waals surface area contributed by atoms with E-state index in [0.717, 1.165) is 0 Å². The van der Waals surface area contributed by atoms with E-state index in [4.69, 9.17) is 5.11 Å². The van der Waals surface area contributed by atoms with Crippen LogP contribution < -0.4 is 5.32 Å². The third-order valence-corrected chi connectivity index (χ3v) is 3.37. The molecule has 1 unspecified atom stereocenters. The molecule has 0 aliphatic carbocycles. The highest BCUT2D eigenvalue weighted by Gasteiger charge is 2.23. The lowest BCUT2D eigenvalue weighted by Crippen LogP contribution is -2.40. The van der Waals surface area contributed by atoms with Crippen molar-refractivity contribution in [3.63, 3.8) is 0 Å². The quantitative estimate of drug-likeness (QED) is 0.871. The molecule has 2 N–H and O–H groups in total. The molecule has 0 saturated heterocycles. The van der Waals surface area contributed by atoms with Gasteiger partial charge in [-0.05, 0) is 34.0 Å². The number of halogens is 2. The van der Waals surface area contributed by atoms with Crippen LogP contribution >= 0.6 is 15.9 Å². The molecule has 6 heteroatoms. The fraction of sp³-hybridized carbons (Fsp3) is 0.385. The molecular formula is C13H15BrFNO3. The van der Waals surface area contributed by atoms with Gasteiger partial charge in [0.25, 0.3) is 5.91 Å². The largest absolute Gasteiger partial charge is 0.481 e. The summed E-state index contributed by atoms with van der Waals surface area (Å²) in [6, 6.07) is 3.67. The molecule has 0 aliphatic heterocycles. The Morgan fingerprint density at radius 2 is 2.05 bits per heavy atom. The summed E-state index contributed by atoms with van der Waals surface area (Å²) in [6.07, 6.45) is -0.199. The number of rotatable bonds is 5. The molecule has 1 atom stereocenters. The van der Waals surface area contributed by atoms with Crippen molar-refractivity contribution in [2.45, 2.75) is 26.3 Å². The number of hydrogen-bond donors (Lipinski definition) is 2. The Balaban J connectivity index is 2.91. The normalized spacial score (nSPS) is 12.3. The maximum absolute atomic E-state index is 13.6. The zero-order valence-corrected chi connectivity index (χ0v) is 12.2. The van der Waals surface area contributed by atoms with E-state index in [1.165, 1.54) is 12.1 Å². The van der Waals surface area contributed by atoms with Crippen molar-refractivity contribution in [1.29, 1.82) is 0 Å². The minimum absolute atomic E-state index is 0.0643. The maximum Gasteiger partial charge on any atom is 0.305 e. The van der Waals surface area contributed by atoms with Gasteiger partial charge in [-0.2, -0.15) is 0 Å². The first-order valence-corrected chi connectivity index (χ1v) is 6.59. The van der Waals surface area contributed by atoms with E-state index in [2.05, 4.69) is 21.2 Å². The zero-order valence-electron chi connectivity index (χ0n) is 10.6. The third-order valence-electron chi connectivity index (χ3n) is 2.71. The smallest absolute Gasteiger partial charge is 0.305 e. The fourth-order valence-electron chi connectivity index (χ4n) is 1.60. The Kier molecular flexibility index (Phi) is 5.47. The second-order valence-corrected chi connectivity index (χ2v) is 5.37. The molecular weight excluding hydrogens is 317 g/mol. The van der Waals surface area contributed by atoms with Gasteiger partial charge in [-0.1, -0.05) is 19.9 Å². The minimum atomic E-state index is -1.01. The van der Waals surface area contributed by atoms with Gasteiger partial charge in [-0.15, -0.1) is 0 Å². The average molecular weight is 332 g/mol. The Hall–Kier alpha value is -1.43. The topological polar surface area (TPSA) is 66.4 Å². The van der Waals surface area contributed by atoms with E-state index in [1.807, 2.05) is 0 Å². The first kappa shape index (κ1) is 15.6.